The first-order chi connectivity index (χ1) is 29.9. The molecule has 3 atom stereocenters. The average Bonchev–Trinajstić information content (AvgIpc) is 4.03. The van der Waals surface area contributed by atoms with Gasteiger partial charge in [-0.1, -0.05) is 57.2 Å². The minimum Gasteiger partial charge on any atom is -0.443 e. The van der Waals surface area contributed by atoms with Crippen molar-refractivity contribution < 1.29 is 37.8 Å². The molecular weight excluding hydrogens is 795 g/mol. The Hall–Kier alpha value is -5.91. The Morgan fingerprint density at radius 1 is 0.855 bits per heavy atom. The number of hydrogen-bond donors (Lipinski definition) is 2. The van der Waals surface area contributed by atoms with E-state index >= 15 is 0 Å². The van der Waals surface area contributed by atoms with Crippen molar-refractivity contribution in [2.75, 3.05) is 77.3 Å². The van der Waals surface area contributed by atoms with E-state index in [0.29, 0.717) is 57.1 Å². The first kappa shape index (κ1) is 44.2. The highest BCUT2D eigenvalue weighted by molar-refractivity contribution is 5.93. The van der Waals surface area contributed by atoms with Gasteiger partial charge in [0.25, 0.3) is 0 Å². The smallest absolute Gasteiger partial charge is 0.248 e. The molecule has 17 nitrogen and oxygen atoms in total. The van der Waals surface area contributed by atoms with E-state index in [0.717, 1.165) is 33.7 Å². The second-order valence-electron chi connectivity index (χ2n) is 16.8. The Bertz CT molecular complexity index is 2330. The number of carbonyl (C=O) groups excluding carboxylic acids is 4. The van der Waals surface area contributed by atoms with Crippen molar-refractivity contribution in [3.05, 3.63) is 78.4 Å². The van der Waals surface area contributed by atoms with Crippen molar-refractivity contribution in [2.24, 2.45) is 5.41 Å². The number of aromatic nitrogens is 4. The molecule has 2 aliphatic rings. The molecule has 2 aromatic carbocycles. The third kappa shape index (κ3) is 10.6. The van der Waals surface area contributed by atoms with Crippen molar-refractivity contribution in [3.8, 4) is 11.3 Å². The quantitative estimate of drug-likeness (QED) is 0.129. The van der Waals surface area contributed by atoms with E-state index in [1.54, 1.807) is 9.80 Å². The molecule has 2 saturated heterocycles. The summed E-state index contributed by atoms with van der Waals surface area (Å²) in [6.07, 6.45) is 4.61. The van der Waals surface area contributed by atoms with Gasteiger partial charge in [-0.05, 0) is 55.9 Å². The summed E-state index contributed by atoms with van der Waals surface area (Å²) in [6.45, 7) is 12.8. The third-order valence-corrected chi connectivity index (χ3v) is 11.4. The van der Waals surface area contributed by atoms with E-state index in [1.807, 2.05) is 99.8 Å². The predicted octanol–water partition coefficient (Wildman–Crippen LogP) is 3.94. The fraction of sp³-hybridized carbons (Fsp3) is 0.489. The van der Waals surface area contributed by atoms with Gasteiger partial charge in [0.1, 0.15) is 31.1 Å². The van der Waals surface area contributed by atoms with Gasteiger partial charge in [-0.15, -0.1) is 0 Å². The second kappa shape index (κ2) is 19.9. The fourth-order valence-corrected chi connectivity index (χ4v) is 7.87. The second-order valence-corrected chi connectivity index (χ2v) is 16.8. The standard InChI is InChI=1S/C45H57N9O8/c1-30(32-12-14-33(15-13-32)40-31(2)46-29-62-40)47-42(57)36-11-8-17-53(36)43(58)41(45(3,4)5)50-38(55)27-60-25-23-59-24-26-61-28-39(56)52-21-19-51(20-22-52)37-16-18-54-35-10-7-6-9-34(35)48-44(54)49-37/h6-7,9-10,12-16,18,29-30,36,41H,8,11,17,19-28H2,1-5H3,(H,47,57)(H,50,55)/t30-,36-,41?/m0/s1. The van der Waals surface area contributed by atoms with Gasteiger partial charge in [-0.2, -0.15) is 4.98 Å². The lowest BCUT2D eigenvalue weighted by Gasteiger charge is -2.35. The SMILES string of the molecule is Cc1ncoc1-c1ccc([C@H](C)NC(=O)[C@@H]2CCCN2C(=O)C(NC(=O)COCCOCCOCC(=O)N2CCN(c3ccn4c(n3)nc3ccccc34)CC2)C(C)(C)C)cc1. The maximum atomic E-state index is 14.0. The van der Waals surface area contributed by atoms with E-state index in [9.17, 15) is 19.2 Å². The Labute approximate surface area is 361 Å². The van der Waals surface area contributed by atoms with Crippen molar-refractivity contribution in [1.29, 1.82) is 0 Å². The van der Waals surface area contributed by atoms with Crippen molar-refractivity contribution in [1.82, 2.24) is 39.8 Å². The van der Waals surface area contributed by atoms with Crippen LogP contribution in [0.15, 0.2) is 71.6 Å². The van der Waals surface area contributed by atoms with Gasteiger partial charge in [0, 0.05) is 44.5 Å². The minimum absolute atomic E-state index is 0.0409. The highest BCUT2D eigenvalue weighted by atomic mass is 16.5. The average molecular weight is 852 g/mol. The molecule has 17 heteroatoms. The molecule has 5 heterocycles. The number of amides is 4. The number of aryl methyl sites for hydroxylation is 1. The molecule has 0 spiro atoms. The summed E-state index contributed by atoms with van der Waals surface area (Å²) in [5.41, 5.74) is 3.89. The van der Waals surface area contributed by atoms with Crippen LogP contribution in [0.3, 0.4) is 0 Å². The summed E-state index contributed by atoms with van der Waals surface area (Å²) in [6, 6.07) is 15.8. The number of para-hydroxylation sites is 2. The van der Waals surface area contributed by atoms with E-state index in [-0.39, 0.29) is 63.4 Å². The molecule has 0 aliphatic carbocycles. The number of fused-ring (bicyclic) bond motifs is 3. The first-order valence-electron chi connectivity index (χ1n) is 21.3. The van der Waals surface area contributed by atoms with Crippen molar-refractivity contribution >= 4 is 46.3 Å². The summed E-state index contributed by atoms with van der Waals surface area (Å²) in [7, 11) is 0. The summed E-state index contributed by atoms with van der Waals surface area (Å²) >= 11 is 0. The lowest BCUT2D eigenvalue weighted by Crippen LogP contribution is -2.58. The van der Waals surface area contributed by atoms with E-state index in [4.69, 9.17) is 23.6 Å². The highest BCUT2D eigenvalue weighted by Gasteiger charge is 2.42. The minimum atomic E-state index is -0.868. The third-order valence-electron chi connectivity index (χ3n) is 11.4. The Balaban J connectivity index is 0.765. The number of hydrogen-bond acceptors (Lipinski definition) is 12. The van der Waals surface area contributed by atoms with Crippen LogP contribution in [-0.4, -0.2) is 137 Å². The largest absolute Gasteiger partial charge is 0.443 e. The molecule has 0 saturated carbocycles. The molecule has 2 aliphatic heterocycles. The number of nitrogens with one attached hydrogen (secondary N) is 2. The highest BCUT2D eigenvalue weighted by Crippen LogP contribution is 2.28. The zero-order valence-electron chi connectivity index (χ0n) is 36.2. The van der Waals surface area contributed by atoms with Gasteiger partial charge < -0.3 is 44.0 Å². The Kier molecular flexibility index (Phi) is 14.1. The van der Waals surface area contributed by atoms with Gasteiger partial charge in [-0.3, -0.25) is 23.6 Å². The number of oxazole rings is 1. The Morgan fingerprint density at radius 3 is 2.27 bits per heavy atom. The van der Waals surface area contributed by atoms with E-state index in [1.165, 1.54) is 6.39 Å². The molecule has 0 bridgehead atoms. The summed E-state index contributed by atoms with van der Waals surface area (Å²) in [5.74, 6) is 1.12. The van der Waals surface area contributed by atoms with Crippen LogP contribution in [0, 0.1) is 12.3 Å². The van der Waals surface area contributed by atoms with Crippen LogP contribution in [-0.2, 0) is 33.4 Å². The number of carbonyl (C=O) groups is 4. The van der Waals surface area contributed by atoms with Crippen LogP contribution in [0.2, 0.25) is 0 Å². The van der Waals surface area contributed by atoms with Gasteiger partial charge >= 0.3 is 0 Å². The molecule has 3 aromatic heterocycles. The molecule has 2 fully saturated rings. The van der Waals surface area contributed by atoms with Gasteiger partial charge in [0.05, 0.1) is 49.2 Å². The number of ether oxygens (including phenoxy) is 3. The number of rotatable bonds is 17. The van der Waals surface area contributed by atoms with Crippen LogP contribution < -0.4 is 15.5 Å². The number of imidazole rings is 1. The zero-order chi connectivity index (χ0) is 43.8. The molecule has 4 amide bonds. The maximum Gasteiger partial charge on any atom is 0.248 e. The number of likely N-dealkylation sites (tertiary alicyclic amines) is 1. The summed E-state index contributed by atoms with van der Waals surface area (Å²) < 4.78 is 24.2. The lowest BCUT2D eigenvalue weighted by atomic mass is 9.85. The number of benzene rings is 2. The van der Waals surface area contributed by atoms with Crippen LogP contribution in [0.25, 0.3) is 28.1 Å². The molecule has 7 rings (SSSR count). The normalized spacial score (nSPS) is 16.8. The molecule has 1 unspecified atom stereocenters. The molecule has 330 valence electrons. The number of nitrogens with zero attached hydrogens (tertiary/aromatic N) is 7. The van der Waals surface area contributed by atoms with Crippen LogP contribution in [0.1, 0.15) is 57.8 Å². The number of anilines is 1. The molecule has 2 N–H and O–H groups in total. The lowest BCUT2D eigenvalue weighted by molar-refractivity contribution is -0.144. The Morgan fingerprint density at radius 2 is 1.56 bits per heavy atom. The molecule has 62 heavy (non-hydrogen) atoms. The van der Waals surface area contributed by atoms with Gasteiger partial charge in [0.2, 0.25) is 29.4 Å². The first-order valence-corrected chi connectivity index (χ1v) is 21.3. The van der Waals surface area contributed by atoms with Crippen LogP contribution in [0.4, 0.5) is 5.82 Å². The summed E-state index contributed by atoms with van der Waals surface area (Å²) in [5, 5.41) is 5.93. The van der Waals surface area contributed by atoms with Crippen LogP contribution in [0.5, 0.6) is 0 Å². The maximum absolute atomic E-state index is 14.0. The number of piperazine rings is 1. The predicted molar refractivity (Wildman–Crippen MR) is 231 cm³/mol. The van der Waals surface area contributed by atoms with E-state index < -0.39 is 23.4 Å². The molecule has 0 radical (unpaired) electrons. The van der Waals surface area contributed by atoms with Crippen molar-refractivity contribution in [2.45, 2.75) is 65.6 Å². The zero-order valence-corrected chi connectivity index (χ0v) is 36.2. The van der Waals surface area contributed by atoms with E-state index in [2.05, 4.69) is 25.5 Å². The van der Waals surface area contributed by atoms with Gasteiger partial charge in [-0.25, -0.2) is 9.97 Å². The van der Waals surface area contributed by atoms with Crippen molar-refractivity contribution in [3.63, 3.8) is 0 Å². The molecular formula is C45H57N9O8. The monoisotopic (exact) mass is 851 g/mol. The fourth-order valence-electron chi connectivity index (χ4n) is 7.87. The van der Waals surface area contributed by atoms with Gasteiger partial charge in [0.15, 0.2) is 12.2 Å². The summed E-state index contributed by atoms with van der Waals surface area (Å²) in [4.78, 5) is 72.4. The topological polar surface area (TPSA) is 186 Å². The molecule has 5 aromatic rings. The van der Waals surface area contributed by atoms with Crippen LogP contribution >= 0.6 is 0 Å².